The van der Waals surface area contributed by atoms with E-state index in [9.17, 15) is 13.2 Å². The number of H-pyrrole nitrogens is 1. The van der Waals surface area contributed by atoms with Gasteiger partial charge in [0, 0.05) is 0 Å². The fraction of sp³-hybridized carbons (Fsp3) is 0.250. The Morgan fingerprint density at radius 1 is 0.931 bits per heavy atom. The maximum Gasteiger partial charge on any atom is 0.299 e. The molecule has 0 atom stereocenters. The van der Waals surface area contributed by atoms with Crippen LogP contribution in [-0.2, 0) is 10.1 Å². The molecule has 3 rings (SSSR count). The lowest BCUT2D eigenvalue weighted by Crippen LogP contribution is -2.14. The molecule has 0 aliphatic heterocycles. The van der Waals surface area contributed by atoms with E-state index in [1.807, 2.05) is 33.8 Å². The lowest BCUT2D eigenvalue weighted by Gasteiger charge is -2.03. The van der Waals surface area contributed by atoms with Gasteiger partial charge in [0.15, 0.2) is 5.69 Å². The lowest BCUT2D eigenvalue weighted by molar-refractivity contribution is 0.483. The highest BCUT2D eigenvalue weighted by Gasteiger charge is 2.15. The molecule has 2 aromatic carbocycles. The Morgan fingerprint density at radius 3 is 2.14 bits per heavy atom. The molecule has 9 heteroatoms. The van der Waals surface area contributed by atoms with Crippen LogP contribution in [0.3, 0.4) is 0 Å². The van der Waals surface area contributed by atoms with Gasteiger partial charge in [-0.1, -0.05) is 52.0 Å². The van der Waals surface area contributed by atoms with Gasteiger partial charge in [-0.15, -0.1) is 5.11 Å². The SMILES string of the molecule is CC.CC.Cc1[nH]n(-c2cccc(S(=O)(=O)O)c2)c(=O)c1N=Nc1ccccc1. The summed E-state index contributed by atoms with van der Waals surface area (Å²) >= 11 is 0. The Kier molecular flexibility index (Phi) is 9.17. The maximum absolute atomic E-state index is 12.5. The normalized spacial score (nSPS) is 10.7. The molecule has 1 aromatic heterocycles. The lowest BCUT2D eigenvalue weighted by atomic mass is 10.3. The molecule has 8 nitrogen and oxygen atoms in total. The Balaban J connectivity index is 0.000000989. The zero-order valence-corrected chi connectivity index (χ0v) is 17.9. The van der Waals surface area contributed by atoms with Gasteiger partial charge in [0.25, 0.3) is 15.7 Å². The van der Waals surface area contributed by atoms with Crippen molar-refractivity contribution in [2.45, 2.75) is 39.5 Å². The second-order valence-electron chi connectivity index (χ2n) is 5.23. The van der Waals surface area contributed by atoms with Crippen LogP contribution in [0.5, 0.6) is 0 Å². The summed E-state index contributed by atoms with van der Waals surface area (Å²) < 4.78 is 32.8. The van der Waals surface area contributed by atoms with Crippen molar-refractivity contribution in [3.8, 4) is 5.69 Å². The minimum Gasteiger partial charge on any atom is -0.293 e. The number of aromatic nitrogens is 2. The van der Waals surface area contributed by atoms with Crippen LogP contribution in [0.25, 0.3) is 5.69 Å². The fourth-order valence-electron chi connectivity index (χ4n) is 2.22. The van der Waals surface area contributed by atoms with Crippen molar-refractivity contribution in [1.29, 1.82) is 0 Å². The van der Waals surface area contributed by atoms with Crippen molar-refractivity contribution in [2.24, 2.45) is 10.2 Å². The van der Waals surface area contributed by atoms with Gasteiger partial charge in [0.2, 0.25) is 0 Å². The molecule has 0 aliphatic rings. The van der Waals surface area contributed by atoms with E-state index in [1.165, 1.54) is 24.3 Å². The van der Waals surface area contributed by atoms with E-state index in [2.05, 4.69) is 15.3 Å². The van der Waals surface area contributed by atoms with Gasteiger partial charge >= 0.3 is 0 Å². The van der Waals surface area contributed by atoms with E-state index < -0.39 is 15.7 Å². The van der Waals surface area contributed by atoms with E-state index in [1.54, 1.807) is 31.2 Å². The molecular weight excluding hydrogens is 392 g/mol. The van der Waals surface area contributed by atoms with Crippen LogP contribution >= 0.6 is 0 Å². The Labute approximate surface area is 170 Å². The molecule has 0 aliphatic carbocycles. The van der Waals surface area contributed by atoms with Crippen molar-refractivity contribution in [2.75, 3.05) is 0 Å². The molecule has 0 amide bonds. The van der Waals surface area contributed by atoms with Gasteiger partial charge in [-0.3, -0.25) is 14.4 Å². The predicted octanol–water partition coefficient (Wildman–Crippen LogP) is 5.19. The third kappa shape index (κ3) is 6.23. The summed E-state index contributed by atoms with van der Waals surface area (Å²) in [6.07, 6.45) is 0. The molecule has 0 fully saturated rings. The van der Waals surface area contributed by atoms with Crippen molar-refractivity contribution < 1.29 is 13.0 Å². The quantitative estimate of drug-likeness (QED) is 0.448. The standard InChI is InChI=1S/C16H14N4O4S.2C2H6/c1-11-15(18-17-12-6-3-2-4-7-12)16(21)20(19-11)13-8-5-9-14(10-13)25(22,23)24;2*1-2/h2-10,19H,1H3,(H,22,23,24);2*1-2H3. The third-order valence-electron chi connectivity index (χ3n) is 3.44. The molecular formula is C20H26N4O4S. The van der Waals surface area contributed by atoms with Crippen LogP contribution in [0.15, 0.2) is 74.5 Å². The fourth-order valence-corrected chi connectivity index (χ4v) is 2.74. The number of hydrogen-bond acceptors (Lipinski definition) is 5. The number of aryl methyl sites for hydroxylation is 1. The van der Waals surface area contributed by atoms with E-state index >= 15 is 0 Å². The molecule has 156 valence electrons. The van der Waals surface area contributed by atoms with E-state index in [0.29, 0.717) is 11.4 Å². The van der Waals surface area contributed by atoms with Crippen LogP contribution in [0.2, 0.25) is 0 Å². The highest BCUT2D eigenvalue weighted by atomic mass is 32.2. The number of nitrogens with zero attached hydrogens (tertiary/aromatic N) is 3. The first-order valence-electron chi connectivity index (χ1n) is 9.22. The monoisotopic (exact) mass is 418 g/mol. The molecule has 0 saturated carbocycles. The van der Waals surface area contributed by atoms with Crippen LogP contribution < -0.4 is 5.56 Å². The smallest absolute Gasteiger partial charge is 0.293 e. The minimum absolute atomic E-state index is 0.112. The van der Waals surface area contributed by atoms with Crippen LogP contribution in [0.1, 0.15) is 33.4 Å². The first-order valence-corrected chi connectivity index (χ1v) is 10.7. The van der Waals surface area contributed by atoms with Gasteiger partial charge in [-0.25, -0.2) is 4.68 Å². The molecule has 29 heavy (non-hydrogen) atoms. The largest absolute Gasteiger partial charge is 0.299 e. The number of hydrogen-bond donors (Lipinski definition) is 2. The summed E-state index contributed by atoms with van der Waals surface area (Å²) in [6.45, 7) is 9.66. The number of aromatic amines is 1. The van der Waals surface area contributed by atoms with Crippen LogP contribution in [0, 0.1) is 6.92 Å². The van der Waals surface area contributed by atoms with Gasteiger partial charge in [-0.05, 0) is 37.3 Å². The molecule has 0 bridgehead atoms. The predicted molar refractivity (Wildman–Crippen MR) is 114 cm³/mol. The number of rotatable bonds is 4. The number of benzene rings is 2. The third-order valence-corrected chi connectivity index (χ3v) is 4.29. The summed E-state index contributed by atoms with van der Waals surface area (Å²) in [4.78, 5) is 12.2. The second-order valence-corrected chi connectivity index (χ2v) is 6.66. The summed E-state index contributed by atoms with van der Waals surface area (Å²) in [5.74, 6) is 0. The minimum atomic E-state index is -4.37. The highest BCUT2D eigenvalue weighted by Crippen LogP contribution is 2.19. The van der Waals surface area contributed by atoms with E-state index in [4.69, 9.17) is 4.55 Å². The zero-order valence-electron chi connectivity index (χ0n) is 17.1. The van der Waals surface area contributed by atoms with Crippen molar-refractivity contribution in [3.05, 3.63) is 70.6 Å². The first-order chi connectivity index (χ1) is 13.9. The van der Waals surface area contributed by atoms with E-state index in [0.717, 1.165) is 4.68 Å². The van der Waals surface area contributed by atoms with Gasteiger partial charge in [0.05, 0.1) is 22.0 Å². The van der Waals surface area contributed by atoms with Gasteiger partial charge < -0.3 is 0 Å². The van der Waals surface area contributed by atoms with Crippen molar-refractivity contribution in [3.63, 3.8) is 0 Å². The average Bonchev–Trinajstić information content (AvgIpc) is 3.03. The van der Waals surface area contributed by atoms with Crippen molar-refractivity contribution in [1.82, 2.24) is 9.78 Å². The topological polar surface area (TPSA) is 117 Å². The summed E-state index contributed by atoms with van der Waals surface area (Å²) in [6, 6.07) is 14.3. The maximum atomic E-state index is 12.5. The number of nitrogens with one attached hydrogen (secondary N) is 1. The molecule has 1 heterocycles. The summed E-state index contributed by atoms with van der Waals surface area (Å²) in [5, 5.41) is 10.8. The summed E-state index contributed by atoms with van der Waals surface area (Å²) in [7, 11) is -4.37. The molecule has 0 unspecified atom stereocenters. The second kappa shape index (κ2) is 11.1. The van der Waals surface area contributed by atoms with Crippen molar-refractivity contribution >= 4 is 21.5 Å². The summed E-state index contributed by atoms with van der Waals surface area (Å²) in [5.41, 5.74) is 0.958. The first kappa shape index (κ1) is 24.0. The molecule has 0 spiro atoms. The Morgan fingerprint density at radius 2 is 1.55 bits per heavy atom. The van der Waals surface area contributed by atoms with E-state index in [-0.39, 0.29) is 16.3 Å². The Bertz CT molecular complexity index is 1100. The van der Waals surface area contributed by atoms with Crippen LogP contribution in [-0.4, -0.2) is 22.8 Å². The van der Waals surface area contributed by atoms with Gasteiger partial charge in [-0.2, -0.15) is 13.5 Å². The zero-order chi connectivity index (χ0) is 22.0. The Hall–Kier alpha value is -3.04. The van der Waals surface area contributed by atoms with Crippen LogP contribution in [0.4, 0.5) is 11.4 Å². The van der Waals surface area contributed by atoms with Gasteiger partial charge in [0.1, 0.15) is 0 Å². The highest BCUT2D eigenvalue weighted by molar-refractivity contribution is 7.85. The molecule has 3 aromatic rings. The molecule has 0 radical (unpaired) electrons. The molecule has 2 N–H and O–H groups in total. The molecule has 0 saturated heterocycles. The number of azo groups is 1. The average molecular weight is 419 g/mol.